The first kappa shape index (κ1) is 10.4. The van der Waals surface area contributed by atoms with Gasteiger partial charge in [0, 0.05) is 13.0 Å². The molecular weight excluding hydrogens is 195 g/mol. The molecule has 15 heavy (non-hydrogen) atoms. The maximum absolute atomic E-state index is 13.1. The highest BCUT2D eigenvalue weighted by molar-refractivity contribution is 5.23. The zero-order valence-corrected chi connectivity index (χ0v) is 8.62. The minimum absolute atomic E-state index is 0.301. The molecule has 0 aliphatic carbocycles. The lowest BCUT2D eigenvalue weighted by Crippen LogP contribution is -2.11. The summed E-state index contributed by atoms with van der Waals surface area (Å²) in [6.45, 7) is 1.37. The topological polar surface area (TPSA) is 18.5 Å². The predicted molar refractivity (Wildman–Crippen MR) is 55.5 cm³/mol. The molecule has 82 valence electrons. The molecule has 0 bridgehead atoms. The van der Waals surface area contributed by atoms with Gasteiger partial charge in [0.25, 0.3) is 0 Å². The molecule has 0 amide bonds. The molecule has 1 aliphatic rings. The van der Waals surface area contributed by atoms with Crippen LogP contribution < -0.4 is 4.74 Å². The standard InChI is InChI=1S/C12H15FO2/c13-11-5-1-2-6-12(11)15-9-7-10-4-3-8-14-10/h1-2,5-6,10H,3-4,7-9H2. The van der Waals surface area contributed by atoms with Gasteiger partial charge in [-0.05, 0) is 25.0 Å². The first-order valence-electron chi connectivity index (χ1n) is 5.35. The number of halogens is 1. The van der Waals surface area contributed by atoms with E-state index in [1.54, 1.807) is 18.2 Å². The summed E-state index contributed by atoms with van der Waals surface area (Å²) < 4.78 is 23.9. The Labute approximate surface area is 89.0 Å². The van der Waals surface area contributed by atoms with E-state index in [9.17, 15) is 4.39 Å². The summed E-state index contributed by atoms with van der Waals surface area (Å²) in [4.78, 5) is 0. The van der Waals surface area contributed by atoms with E-state index in [1.165, 1.54) is 6.07 Å². The van der Waals surface area contributed by atoms with Gasteiger partial charge in [-0.1, -0.05) is 12.1 Å². The van der Waals surface area contributed by atoms with Crippen molar-refractivity contribution in [2.24, 2.45) is 0 Å². The fourth-order valence-electron chi connectivity index (χ4n) is 1.73. The van der Waals surface area contributed by atoms with E-state index in [4.69, 9.17) is 9.47 Å². The van der Waals surface area contributed by atoms with E-state index in [0.29, 0.717) is 18.5 Å². The molecule has 1 atom stereocenters. The number of ether oxygens (including phenoxy) is 2. The van der Waals surface area contributed by atoms with Crippen molar-refractivity contribution in [3.8, 4) is 5.75 Å². The second-order valence-corrected chi connectivity index (χ2v) is 3.70. The van der Waals surface area contributed by atoms with E-state index in [2.05, 4.69) is 0 Å². The van der Waals surface area contributed by atoms with Crippen LogP contribution in [-0.4, -0.2) is 19.3 Å². The first-order valence-corrected chi connectivity index (χ1v) is 5.35. The van der Waals surface area contributed by atoms with E-state index in [0.717, 1.165) is 25.9 Å². The van der Waals surface area contributed by atoms with Crippen LogP contribution in [-0.2, 0) is 4.74 Å². The van der Waals surface area contributed by atoms with Crippen molar-refractivity contribution in [1.82, 2.24) is 0 Å². The molecule has 1 aromatic carbocycles. The van der Waals surface area contributed by atoms with Gasteiger partial charge in [-0.25, -0.2) is 4.39 Å². The molecular formula is C12H15FO2. The van der Waals surface area contributed by atoms with Gasteiger partial charge in [-0.2, -0.15) is 0 Å². The van der Waals surface area contributed by atoms with Gasteiger partial charge in [0.2, 0.25) is 0 Å². The van der Waals surface area contributed by atoms with Gasteiger partial charge in [-0.3, -0.25) is 0 Å². The monoisotopic (exact) mass is 210 g/mol. The second-order valence-electron chi connectivity index (χ2n) is 3.70. The van der Waals surface area contributed by atoms with Gasteiger partial charge in [0.1, 0.15) is 0 Å². The van der Waals surface area contributed by atoms with E-state index in [-0.39, 0.29) is 5.82 Å². The average Bonchev–Trinajstić information content (AvgIpc) is 2.74. The van der Waals surface area contributed by atoms with Crippen LogP contribution in [0.15, 0.2) is 24.3 Å². The third kappa shape index (κ3) is 2.93. The lowest BCUT2D eigenvalue weighted by molar-refractivity contribution is 0.0897. The fraction of sp³-hybridized carbons (Fsp3) is 0.500. The average molecular weight is 210 g/mol. The summed E-state index contributed by atoms with van der Waals surface area (Å²) in [7, 11) is 0. The second kappa shape index (κ2) is 5.12. The quantitative estimate of drug-likeness (QED) is 0.760. The Morgan fingerprint density at radius 2 is 2.27 bits per heavy atom. The molecule has 1 aromatic rings. The van der Waals surface area contributed by atoms with Crippen molar-refractivity contribution in [2.75, 3.05) is 13.2 Å². The molecule has 2 nitrogen and oxygen atoms in total. The largest absolute Gasteiger partial charge is 0.490 e. The maximum atomic E-state index is 13.1. The third-order valence-electron chi connectivity index (χ3n) is 2.56. The Balaban J connectivity index is 1.75. The first-order chi connectivity index (χ1) is 7.36. The van der Waals surface area contributed by atoms with Crippen molar-refractivity contribution >= 4 is 0 Å². The molecule has 0 saturated carbocycles. The van der Waals surface area contributed by atoms with Crippen LogP contribution in [0.5, 0.6) is 5.75 Å². The smallest absolute Gasteiger partial charge is 0.165 e. The van der Waals surface area contributed by atoms with E-state index >= 15 is 0 Å². The van der Waals surface area contributed by atoms with Crippen molar-refractivity contribution in [3.05, 3.63) is 30.1 Å². The molecule has 0 aromatic heterocycles. The van der Waals surface area contributed by atoms with Crippen molar-refractivity contribution in [2.45, 2.75) is 25.4 Å². The Hall–Kier alpha value is -1.09. The van der Waals surface area contributed by atoms with Crippen molar-refractivity contribution in [3.63, 3.8) is 0 Å². The minimum Gasteiger partial charge on any atom is -0.490 e. The predicted octanol–water partition coefficient (Wildman–Crippen LogP) is 2.77. The van der Waals surface area contributed by atoms with Crippen LogP contribution in [0.2, 0.25) is 0 Å². The van der Waals surface area contributed by atoms with Gasteiger partial charge < -0.3 is 9.47 Å². The van der Waals surface area contributed by atoms with Crippen LogP contribution in [0.4, 0.5) is 4.39 Å². The highest BCUT2D eigenvalue weighted by atomic mass is 19.1. The van der Waals surface area contributed by atoms with Crippen molar-refractivity contribution < 1.29 is 13.9 Å². The number of hydrogen-bond acceptors (Lipinski definition) is 2. The summed E-state index contributed by atoms with van der Waals surface area (Å²) in [5.41, 5.74) is 0. The van der Waals surface area contributed by atoms with Crippen molar-refractivity contribution in [1.29, 1.82) is 0 Å². The summed E-state index contributed by atoms with van der Waals surface area (Å²) in [5, 5.41) is 0. The lowest BCUT2D eigenvalue weighted by atomic mass is 10.2. The number of rotatable bonds is 4. The Bertz CT molecular complexity index is 308. The van der Waals surface area contributed by atoms with E-state index < -0.39 is 0 Å². The molecule has 1 saturated heterocycles. The van der Waals surface area contributed by atoms with Gasteiger partial charge >= 0.3 is 0 Å². The van der Waals surface area contributed by atoms with Crippen LogP contribution in [0, 0.1) is 5.82 Å². The molecule has 3 heteroatoms. The minimum atomic E-state index is -0.301. The molecule has 0 spiro atoms. The molecule has 1 aliphatic heterocycles. The zero-order valence-electron chi connectivity index (χ0n) is 8.62. The molecule has 1 unspecified atom stereocenters. The van der Waals surface area contributed by atoms with Crippen LogP contribution in [0.1, 0.15) is 19.3 Å². The third-order valence-corrected chi connectivity index (χ3v) is 2.56. The number of hydrogen-bond donors (Lipinski definition) is 0. The fourth-order valence-corrected chi connectivity index (χ4v) is 1.73. The highest BCUT2D eigenvalue weighted by Gasteiger charge is 2.15. The normalized spacial score (nSPS) is 20.5. The Morgan fingerprint density at radius 1 is 1.40 bits per heavy atom. The molecule has 0 radical (unpaired) electrons. The summed E-state index contributed by atoms with van der Waals surface area (Å²) in [6.07, 6.45) is 3.37. The Morgan fingerprint density at radius 3 is 3.00 bits per heavy atom. The van der Waals surface area contributed by atoms with Crippen LogP contribution >= 0.6 is 0 Å². The molecule has 0 N–H and O–H groups in total. The number of para-hydroxylation sites is 1. The molecule has 2 rings (SSSR count). The van der Waals surface area contributed by atoms with E-state index in [1.807, 2.05) is 0 Å². The SMILES string of the molecule is Fc1ccccc1OCCC1CCCO1. The molecule has 1 fully saturated rings. The molecule has 1 heterocycles. The zero-order chi connectivity index (χ0) is 10.5. The summed E-state index contributed by atoms with van der Waals surface area (Å²) >= 11 is 0. The van der Waals surface area contributed by atoms with Gasteiger partial charge in [0.15, 0.2) is 11.6 Å². The van der Waals surface area contributed by atoms with Gasteiger partial charge in [0.05, 0.1) is 12.7 Å². The van der Waals surface area contributed by atoms with Crippen LogP contribution in [0.25, 0.3) is 0 Å². The highest BCUT2D eigenvalue weighted by Crippen LogP contribution is 2.18. The summed E-state index contributed by atoms with van der Waals surface area (Å²) in [6, 6.07) is 6.47. The van der Waals surface area contributed by atoms with Gasteiger partial charge in [-0.15, -0.1) is 0 Å². The number of benzene rings is 1. The lowest BCUT2D eigenvalue weighted by Gasteiger charge is -2.10. The van der Waals surface area contributed by atoms with Crippen LogP contribution in [0.3, 0.4) is 0 Å². The summed E-state index contributed by atoms with van der Waals surface area (Å²) in [5.74, 6) is 0.0281. The Kier molecular flexibility index (Phi) is 3.56. The maximum Gasteiger partial charge on any atom is 0.165 e.